The number of carbonyl (C=O) groups excluding carboxylic acids is 1. The van der Waals surface area contributed by atoms with Crippen LogP contribution in [0.15, 0.2) is 42.5 Å². The SMILES string of the molecule is O=C(NCCc1ccc(Cl)cc1Cl)C1COc2ccccc2O1. The van der Waals surface area contributed by atoms with Gasteiger partial charge in [-0.3, -0.25) is 4.79 Å². The Labute approximate surface area is 144 Å². The average molecular weight is 352 g/mol. The van der Waals surface area contributed by atoms with Crippen molar-refractivity contribution in [3.8, 4) is 11.5 Å². The van der Waals surface area contributed by atoms with E-state index < -0.39 is 6.10 Å². The highest BCUT2D eigenvalue weighted by molar-refractivity contribution is 6.35. The lowest BCUT2D eigenvalue weighted by Gasteiger charge is -2.25. The number of ether oxygens (including phenoxy) is 2. The van der Waals surface area contributed by atoms with Gasteiger partial charge in [0.05, 0.1) is 0 Å². The van der Waals surface area contributed by atoms with Crippen molar-refractivity contribution in [3.05, 3.63) is 58.1 Å². The van der Waals surface area contributed by atoms with Gasteiger partial charge < -0.3 is 14.8 Å². The molecule has 2 aromatic carbocycles. The quantitative estimate of drug-likeness (QED) is 0.916. The Balaban J connectivity index is 1.52. The molecule has 0 fully saturated rings. The van der Waals surface area contributed by atoms with Gasteiger partial charge in [-0.1, -0.05) is 41.4 Å². The summed E-state index contributed by atoms with van der Waals surface area (Å²) in [6.07, 6.45) is -0.0306. The Bertz CT molecular complexity index is 721. The first-order valence-electron chi connectivity index (χ1n) is 7.23. The Morgan fingerprint density at radius 2 is 1.96 bits per heavy atom. The lowest BCUT2D eigenvalue weighted by molar-refractivity contribution is -0.130. The second kappa shape index (κ2) is 7.11. The molecule has 0 aliphatic carbocycles. The van der Waals surface area contributed by atoms with Crippen LogP contribution in [0.3, 0.4) is 0 Å². The van der Waals surface area contributed by atoms with E-state index in [0.717, 1.165) is 5.56 Å². The van der Waals surface area contributed by atoms with E-state index >= 15 is 0 Å². The maximum absolute atomic E-state index is 12.2. The molecule has 120 valence electrons. The average Bonchev–Trinajstić information content (AvgIpc) is 2.56. The summed E-state index contributed by atoms with van der Waals surface area (Å²) in [4.78, 5) is 12.2. The zero-order valence-electron chi connectivity index (χ0n) is 12.2. The van der Waals surface area contributed by atoms with Crippen LogP contribution in [0.4, 0.5) is 0 Å². The lowest BCUT2D eigenvalue weighted by atomic mass is 10.1. The molecule has 4 nitrogen and oxygen atoms in total. The van der Waals surface area contributed by atoms with Crippen molar-refractivity contribution in [3.63, 3.8) is 0 Å². The van der Waals surface area contributed by atoms with E-state index in [1.807, 2.05) is 24.3 Å². The summed E-state index contributed by atoms with van der Waals surface area (Å²) in [5, 5.41) is 4.03. The van der Waals surface area contributed by atoms with E-state index in [1.165, 1.54) is 0 Å². The van der Waals surface area contributed by atoms with Crippen LogP contribution >= 0.6 is 23.2 Å². The van der Waals surface area contributed by atoms with Gasteiger partial charge in [-0.2, -0.15) is 0 Å². The highest BCUT2D eigenvalue weighted by Crippen LogP contribution is 2.30. The molecule has 0 bridgehead atoms. The zero-order valence-corrected chi connectivity index (χ0v) is 13.7. The third kappa shape index (κ3) is 3.89. The number of amides is 1. The van der Waals surface area contributed by atoms with Crippen LogP contribution < -0.4 is 14.8 Å². The van der Waals surface area contributed by atoms with Crippen molar-refractivity contribution in [2.45, 2.75) is 12.5 Å². The molecule has 0 radical (unpaired) electrons. The molecule has 1 unspecified atom stereocenters. The van der Waals surface area contributed by atoms with Gasteiger partial charge in [0.2, 0.25) is 6.10 Å². The number of para-hydroxylation sites is 2. The maximum atomic E-state index is 12.2. The van der Waals surface area contributed by atoms with Crippen LogP contribution in [0.25, 0.3) is 0 Å². The minimum atomic E-state index is -0.648. The normalized spacial score (nSPS) is 16.0. The molecule has 3 rings (SSSR count). The van der Waals surface area contributed by atoms with E-state index in [2.05, 4.69) is 5.32 Å². The maximum Gasteiger partial charge on any atom is 0.264 e. The molecule has 0 saturated heterocycles. The molecule has 0 saturated carbocycles. The molecule has 0 spiro atoms. The Morgan fingerprint density at radius 1 is 1.17 bits per heavy atom. The zero-order chi connectivity index (χ0) is 16.2. The van der Waals surface area contributed by atoms with Gasteiger partial charge in [0.15, 0.2) is 11.5 Å². The molecule has 1 aliphatic heterocycles. The fraction of sp³-hybridized carbons (Fsp3) is 0.235. The smallest absolute Gasteiger partial charge is 0.264 e. The third-order valence-electron chi connectivity index (χ3n) is 3.51. The van der Waals surface area contributed by atoms with Crippen LogP contribution in [-0.4, -0.2) is 25.2 Å². The number of fused-ring (bicyclic) bond motifs is 1. The lowest BCUT2D eigenvalue weighted by Crippen LogP contribution is -2.44. The molecule has 6 heteroatoms. The summed E-state index contributed by atoms with van der Waals surface area (Å²) >= 11 is 12.0. The summed E-state index contributed by atoms with van der Waals surface area (Å²) in [6, 6.07) is 12.6. The molecule has 1 heterocycles. The number of hydrogen-bond acceptors (Lipinski definition) is 3. The first kappa shape index (κ1) is 16.0. The van der Waals surface area contributed by atoms with Gasteiger partial charge in [0.1, 0.15) is 6.61 Å². The van der Waals surface area contributed by atoms with Crippen molar-refractivity contribution in [2.75, 3.05) is 13.2 Å². The number of benzene rings is 2. The summed E-state index contributed by atoms with van der Waals surface area (Å²) in [6.45, 7) is 0.659. The second-order valence-electron chi connectivity index (χ2n) is 5.14. The third-order valence-corrected chi connectivity index (χ3v) is 4.10. The fourth-order valence-electron chi connectivity index (χ4n) is 2.31. The molecule has 23 heavy (non-hydrogen) atoms. The molecule has 0 aromatic heterocycles. The Kier molecular flexibility index (Phi) is 4.94. The van der Waals surface area contributed by atoms with E-state index in [1.54, 1.807) is 18.2 Å². The summed E-state index contributed by atoms with van der Waals surface area (Å²) in [7, 11) is 0. The first-order valence-corrected chi connectivity index (χ1v) is 7.99. The minimum absolute atomic E-state index is 0.199. The number of hydrogen-bond donors (Lipinski definition) is 1. The fourth-order valence-corrected chi connectivity index (χ4v) is 2.81. The van der Waals surface area contributed by atoms with Gasteiger partial charge in [-0.05, 0) is 36.2 Å². The summed E-state index contributed by atoms with van der Waals surface area (Å²) < 4.78 is 11.2. The van der Waals surface area contributed by atoms with Crippen LogP contribution in [-0.2, 0) is 11.2 Å². The number of halogens is 2. The molecule has 1 N–H and O–H groups in total. The number of rotatable bonds is 4. The van der Waals surface area contributed by atoms with Crippen LogP contribution in [0, 0.1) is 0 Å². The Morgan fingerprint density at radius 3 is 2.74 bits per heavy atom. The predicted octanol–water partition coefficient (Wildman–Crippen LogP) is 3.49. The molecular weight excluding hydrogens is 337 g/mol. The van der Waals surface area contributed by atoms with Crippen LogP contribution in [0.5, 0.6) is 11.5 Å². The van der Waals surface area contributed by atoms with Crippen molar-refractivity contribution < 1.29 is 14.3 Å². The van der Waals surface area contributed by atoms with E-state index in [9.17, 15) is 4.79 Å². The molecule has 1 atom stereocenters. The van der Waals surface area contributed by atoms with E-state index in [0.29, 0.717) is 34.5 Å². The predicted molar refractivity (Wildman–Crippen MR) is 89.5 cm³/mol. The number of carbonyl (C=O) groups is 1. The largest absolute Gasteiger partial charge is 0.485 e. The first-order chi connectivity index (χ1) is 11.1. The minimum Gasteiger partial charge on any atom is -0.485 e. The molecule has 1 amide bonds. The Hall–Kier alpha value is -1.91. The van der Waals surface area contributed by atoms with Gasteiger partial charge in [0, 0.05) is 16.6 Å². The highest BCUT2D eigenvalue weighted by Gasteiger charge is 2.26. The van der Waals surface area contributed by atoms with Crippen LogP contribution in [0.1, 0.15) is 5.56 Å². The van der Waals surface area contributed by atoms with Crippen molar-refractivity contribution >= 4 is 29.1 Å². The van der Waals surface area contributed by atoms with Gasteiger partial charge in [-0.25, -0.2) is 0 Å². The van der Waals surface area contributed by atoms with Crippen molar-refractivity contribution in [2.24, 2.45) is 0 Å². The van der Waals surface area contributed by atoms with Crippen molar-refractivity contribution in [1.82, 2.24) is 5.32 Å². The highest BCUT2D eigenvalue weighted by atomic mass is 35.5. The van der Waals surface area contributed by atoms with Crippen molar-refractivity contribution in [1.29, 1.82) is 0 Å². The van der Waals surface area contributed by atoms with E-state index in [-0.39, 0.29) is 12.5 Å². The van der Waals surface area contributed by atoms with Gasteiger partial charge in [0.25, 0.3) is 5.91 Å². The standard InChI is InChI=1S/C17H15Cl2NO3/c18-12-6-5-11(13(19)9-12)7-8-20-17(21)16-10-22-14-3-1-2-4-15(14)23-16/h1-6,9,16H,7-8,10H2,(H,20,21). The van der Waals surface area contributed by atoms with E-state index in [4.69, 9.17) is 32.7 Å². The number of nitrogens with one attached hydrogen (secondary N) is 1. The summed E-state index contributed by atoms with van der Waals surface area (Å²) in [5.74, 6) is 1.04. The molecule has 1 aliphatic rings. The van der Waals surface area contributed by atoms with Gasteiger partial charge >= 0.3 is 0 Å². The molecule has 2 aromatic rings. The molecular formula is C17H15Cl2NO3. The summed E-state index contributed by atoms with van der Waals surface area (Å²) in [5.41, 5.74) is 0.933. The van der Waals surface area contributed by atoms with Crippen LogP contribution in [0.2, 0.25) is 10.0 Å². The second-order valence-corrected chi connectivity index (χ2v) is 5.98. The van der Waals surface area contributed by atoms with Gasteiger partial charge in [-0.15, -0.1) is 0 Å². The topological polar surface area (TPSA) is 47.6 Å². The monoisotopic (exact) mass is 351 g/mol.